The Kier molecular flexibility index (Phi) is 6.72. The van der Waals surface area contributed by atoms with Crippen LogP contribution in [0.5, 0.6) is 5.75 Å². The summed E-state index contributed by atoms with van der Waals surface area (Å²) in [6, 6.07) is 6.43. The smallest absolute Gasteiger partial charge is 0.387 e. The van der Waals surface area contributed by atoms with Gasteiger partial charge in [0.05, 0.1) is 0 Å². The lowest BCUT2D eigenvalue weighted by Gasteiger charge is -2.13. The first-order valence-electron chi connectivity index (χ1n) is 6.19. The standard InChI is InChI=1S/C13H19F2N3O2/c1-18(2)13(19)17-8-7-16-9-10-5-3-4-6-11(10)20-12(14)15/h3-6,12,16H,7-9H2,1-2H3,(H,17,19). The van der Waals surface area contributed by atoms with Gasteiger partial charge in [0.15, 0.2) is 0 Å². The van der Waals surface area contributed by atoms with Crippen molar-refractivity contribution in [2.45, 2.75) is 13.2 Å². The van der Waals surface area contributed by atoms with Crippen LogP contribution in [0.2, 0.25) is 0 Å². The lowest BCUT2D eigenvalue weighted by atomic mass is 10.2. The van der Waals surface area contributed by atoms with Crippen molar-refractivity contribution in [1.82, 2.24) is 15.5 Å². The van der Waals surface area contributed by atoms with Gasteiger partial charge >= 0.3 is 12.6 Å². The lowest BCUT2D eigenvalue weighted by Crippen LogP contribution is -2.38. The number of alkyl halides is 2. The highest BCUT2D eigenvalue weighted by Crippen LogP contribution is 2.19. The molecule has 2 amide bonds. The van der Waals surface area contributed by atoms with Crippen LogP contribution in [-0.4, -0.2) is 44.7 Å². The molecule has 0 unspecified atom stereocenters. The molecule has 112 valence electrons. The van der Waals surface area contributed by atoms with Crippen molar-refractivity contribution in [1.29, 1.82) is 0 Å². The highest BCUT2D eigenvalue weighted by atomic mass is 19.3. The summed E-state index contributed by atoms with van der Waals surface area (Å²) in [4.78, 5) is 12.7. The molecule has 1 aromatic rings. The first-order valence-corrected chi connectivity index (χ1v) is 6.19. The Morgan fingerprint density at radius 3 is 2.65 bits per heavy atom. The number of hydrogen-bond acceptors (Lipinski definition) is 3. The first-order chi connectivity index (χ1) is 9.50. The maximum Gasteiger partial charge on any atom is 0.387 e. The number of carbonyl (C=O) groups is 1. The summed E-state index contributed by atoms with van der Waals surface area (Å²) in [5.74, 6) is 0.160. The molecule has 1 aromatic carbocycles. The number of hydrogen-bond donors (Lipinski definition) is 2. The minimum Gasteiger partial charge on any atom is -0.434 e. The molecule has 1 rings (SSSR count). The van der Waals surface area contributed by atoms with Crippen molar-refractivity contribution >= 4 is 6.03 Å². The molecule has 0 saturated heterocycles. The number of amides is 2. The van der Waals surface area contributed by atoms with Gasteiger partial charge in [0, 0.05) is 39.3 Å². The predicted molar refractivity (Wildman–Crippen MR) is 71.9 cm³/mol. The zero-order valence-corrected chi connectivity index (χ0v) is 11.5. The molecule has 0 aliphatic heterocycles. The van der Waals surface area contributed by atoms with Crippen LogP contribution in [0.4, 0.5) is 13.6 Å². The summed E-state index contributed by atoms with van der Waals surface area (Å²) >= 11 is 0. The molecule has 0 aliphatic carbocycles. The van der Waals surface area contributed by atoms with Crippen LogP contribution in [0.25, 0.3) is 0 Å². The Balaban J connectivity index is 2.33. The quantitative estimate of drug-likeness (QED) is 0.750. The molecule has 0 bridgehead atoms. The number of carbonyl (C=O) groups excluding carboxylic acids is 1. The maximum absolute atomic E-state index is 12.2. The number of para-hydroxylation sites is 1. The Labute approximate surface area is 116 Å². The van der Waals surface area contributed by atoms with E-state index in [1.807, 2.05) is 0 Å². The minimum absolute atomic E-state index is 0.160. The summed E-state index contributed by atoms with van der Waals surface area (Å²) in [5.41, 5.74) is 0.645. The number of halogens is 2. The second-order valence-corrected chi connectivity index (χ2v) is 4.29. The molecule has 20 heavy (non-hydrogen) atoms. The van der Waals surface area contributed by atoms with Crippen molar-refractivity contribution in [3.05, 3.63) is 29.8 Å². The molecular weight excluding hydrogens is 268 g/mol. The van der Waals surface area contributed by atoms with Crippen molar-refractivity contribution in [3.8, 4) is 5.75 Å². The monoisotopic (exact) mass is 287 g/mol. The van der Waals surface area contributed by atoms with E-state index in [0.717, 1.165) is 0 Å². The highest BCUT2D eigenvalue weighted by molar-refractivity contribution is 5.73. The van der Waals surface area contributed by atoms with Crippen LogP contribution < -0.4 is 15.4 Å². The van der Waals surface area contributed by atoms with Gasteiger partial charge in [0.25, 0.3) is 0 Å². The fourth-order valence-corrected chi connectivity index (χ4v) is 1.50. The van der Waals surface area contributed by atoms with Crippen molar-refractivity contribution in [2.24, 2.45) is 0 Å². The van der Waals surface area contributed by atoms with Crippen LogP contribution in [0.15, 0.2) is 24.3 Å². The van der Waals surface area contributed by atoms with E-state index in [1.165, 1.54) is 11.0 Å². The van der Waals surface area contributed by atoms with Crippen molar-refractivity contribution in [3.63, 3.8) is 0 Å². The Morgan fingerprint density at radius 1 is 1.30 bits per heavy atom. The molecule has 0 aliphatic rings. The van der Waals surface area contributed by atoms with Gasteiger partial charge in [-0.05, 0) is 6.07 Å². The number of ether oxygens (including phenoxy) is 1. The third kappa shape index (κ3) is 5.83. The summed E-state index contributed by atoms with van der Waals surface area (Å²) in [5, 5.41) is 5.74. The van der Waals surface area contributed by atoms with Gasteiger partial charge in [-0.25, -0.2) is 4.79 Å². The zero-order chi connectivity index (χ0) is 15.0. The average Bonchev–Trinajstić information content (AvgIpc) is 2.39. The van der Waals surface area contributed by atoms with Gasteiger partial charge in [-0.3, -0.25) is 0 Å². The molecule has 2 N–H and O–H groups in total. The molecule has 0 spiro atoms. The Hall–Kier alpha value is -1.89. The second kappa shape index (κ2) is 8.31. The van der Waals surface area contributed by atoms with E-state index in [0.29, 0.717) is 25.2 Å². The van der Waals surface area contributed by atoms with E-state index in [2.05, 4.69) is 15.4 Å². The minimum atomic E-state index is -2.84. The fraction of sp³-hybridized carbons (Fsp3) is 0.462. The van der Waals surface area contributed by atoms with Gasteiger partial charge in [0.2, 0.25) is 0 Å². The number of nitrogens with zero attached hydrogens (tertiary/aromatic N) is 1. The van der Waals surface area contributed by atoms with Crippen molar-refractivity contribution < 1.29 is 18.3 Å². The summed E-state index contributed by atoms with van der Waals surface area (Å²) in [6.45, 7) is -1.46. The van der Waals surface area contributed by atoms with Crippen molar-refractivity contribution in [2.75, 3.05) is 27.2 Å². The number of rotatable bonds is 7. The molecule has 0 saturated carbocycles. The third-order valence-corrected chi connectivity index (χ3v) is 2.49. The van der Waals surface area contributed by atoms with E-state index in [4.69, 9.17) is 0 Å². The largest absolute Gasteiger partial charge is 0.434 e. The SMILES string of the molecule is CN(C)C(=O)NCCNCc1ccccc1OC(F)F. The lowest BCUT2D eigenvalue weighted by molar-refractivity contribution is -0.0504. The molecule has 0 radical (unpaired) electrons. The van der Waals surface area contributed by atoms with E-state index < -0.39 is 6.61 Å². The van der Waals surface area contributed by atoms with Crippen LogP contribution >= 0.6 is 0 Å². The molecule has 0 heterocycles. The van der Waals surface area contributed by atoms with E-state index in [9.17, 15) is 13.6 Å². The second-order valence-electron chi connectivity index (χ2n) is 4.29. The average molecular weight is 287 g/mol. The Bertz CT molecular complexity index is 428. The molecule has 5 nitrogen and oxygen atoms in total. The number of urea groups is 1. The normalized spacial score (nSPS) is 10.4. The number of nitrogens with one attached hydrogen (secondary N) is 2. The molecular formula is C13H19F2N3O2. The first kappa shape index (κ1) is 16.2. The van der Waals surface area contributed by atoms with Crippen LogP contribution in [0.1, 0.15) is 5.56 Å². The van der Waals surface area contributed by atoms with Crippen LogP contribution in [0, 0.1) is 0 Å². The summed E-state index contributed by atoms with van der Waals surface area (Å²) in [7, 11) is 3.31. The van der Waals surface area contributed by atoms with Crippen LogP contribution in [0.3, 0.4) is 0 Å². The molecule has 7 heteroatoms. The summed E-state index contributed by atoms with van der Waals surface area (Å²) in [6.07, 6.45) is 0. The zero-order valence-electron chi connectivity index (χ0n) is 11.5. The predicted octanol–water partition coefficient (Wildman–Crippen LogP) is 1.65. The van der Waals surface area contributed by atoms with E-state index in [-0.39, 0.29) is 11.8 Å². The van der Waals surface area contributed by atoms with Crippen LogP contribution in [-0.2, 0) is 6.54 Å². The van der Waals surface area contributed by atoms with Gasteiger partial charge in [-0.15, -0.1) is 0 Å². The molecule has 0 aromatic heterocycles. The summed E-state index contributed by atoms with van der Waals surface area (Å²) < 4.78 is 28.8. The fourth-order valence-electron chi connectivity index (χ4n) is 1.50. The van der Waals surface area contributed by atoms with Gasteiger partial charge in [0.1, 0.15) is 5.75 Å². The number of benzene rings is 1. The molecule has 0 atom stereocenters. The van der Waals surface area contributed by atoms with E-state index in [1.54, 1.807) is 32.3 Å². The van der Waals surface area contributed by atoms with Gasteiger partial charge in [-0.2, -0.15) is 8.78 Å². The maximum atomic E-state index is 12.2. The van der Waals surface area contributed by atoms with E-state index >= 15 is 0 Å². The van der Waals surface area contributed by atoms with Gasteiger partial charge in [-0.1, -0.05) is 18.2 Å². The highest BCUT2D eigenvalue weighted by Gasteiger charge is 2.08. The molecule has 0 fully saturated rings. The topological polar surface area (TPSA) is 53.6 Å². The third-order valence-electron chi connectivity index (χ3n) is 2.49. The Morgan fingerprint density at radius 2 is 2.00 bits per heavy atom. The van der Waals surface area contributed by atoms with Gasteiger partial charge < -0.3 is 20.3 Å².